The Morgan fingerprint density at radius 3 is 2.50 bits per heavy atom. The second-order valence-corrected chi connectivity index (χ2v) is 4.16. The summed E-state index contributed by atoms with van der Waals surface area (Å²) in [5.41, 5.74) is 0.108. The highest BCUT2D eigenvalue weighted by Gasteiger charge is 2.38. The number of nitrogens with zero attached hydrogens (tertiary/aromatic N) is 1. The average Bonchev–Trinajstić information content (AvgIpc) is 2.90. The molecule has 6 heteroatoms. The fraction of sp³-hybridized carbons (Fsp3) is 0.143. The predicted octanol–water partition coefficient (Wildman–Crippen LogP) is 1.63. The minimum atomic E-state index is -0.780. The molecule has 1 heterocycles. The lowest BCUT2D eigenvalue weighted by molar-refractivity contribution is 0.0512. The number of hydrogen-bond acceptors (Lipinski definition) is 6. The average molecular weight is 271 g/mol. The van der Waals surface area contributed by atoms with Crippen molar-refractivity contribution in [3.63, 3.8) is 0 Å². The molecule has 1 aromatic carbocycles. The fourth-order valence-corrected chi connectivity index (χ4v) is 2.13. The van der Waals surface area contributed by atoms with E-state index in [1.54, 1.807) is 19.1 Å². The van der Waals surface area contributed by atoms with Gasteiger partial charge in [0, 0.05) is 11.1 Å². The van der Waals surface area contributed by atoms with Gasteiger partial charge in [-0.15, -0.1) is 0 Å². The topological polar surface area (TPSA) is 86.5 Å². The lowest BCUT2D eigenvalue weighted by atomic mass is 9.87. The molecule has 0 saturated carbocycles. The molecule has 0 N–H and O–H groups in total. The third kappa shape index (κ3) is 1.58. The van der Waals surface area contributed by atoms with Gasteiger partial charge >= 0.3 is 5.97 Å². The molecule has 0 radical (unpaired) electrons. The number of ether oxygens (including phenoxy) is 1. The molecular weight excluding hydrogens is 262 g/mol. The molecule has 100 valence electrons. The Labute approximate surface area is 113 Å². The summed E-state index contributed by atoms with van der Waals surface area (Å²) in [6.45, 7) is 1.77. The van der Waals surface area contributed by atoms with Gasteiger partial charge in [0.2, 0.25) is 17.2 Å². The zero-order valence-corrected chi connectivity index (χ0v) is 10.5. The van der Waals surface area contributed by atoms with Crippen molar-refractivity contribution in [2.75, 3.05) is 6.61 Å². The van der Waals surface area contributed by atoms with E-state index in [4.69, 9.17) is 9.26 Å². The van der Waals surface area contributed by atoms with E-state index >= 15 is 0 Å². The lowest BCUT2D eigenvalue weighted by Gasteiger charge is -2.12. The molecule has 2 aromatic rings. The molecule has 6 nitrogen and oxygen atoms in total. The van der Waals surface area contributed by atoms with Gasteiger partial charge in [0.15, 0.2) is 5.78 Å². The summed E-state index contributed by atoms with van der Waals surface area (Å²) >= 11 is 0. The van der Waals surface area contributed by atoms with Crippen molar-refractivity contribution >= 4 is 17.5 Å². The Morgan fingerprint density at radius 1 is 1.20 bits per heavy atom. The van der Waals surface area contributed by atoms with Crippen molar-refractivity contribution in [3.8, 4) is 0 Å². The van der Waals surface area contributed by atoms with Gasteiger partial charge < -0.3 is 9.26 Å². The number of hydrogen-bond donors (Lipinski definition) is 0. The number of aromatic nitrogens is 1. The van der Waals surface area contributed by atoms with Crippen LogP contribution in [0.15, 0.2) is 28.8 Å². The second kappa shape index (κ2) is 4.41. The quantitative estimate of drug-likeness (QED) is 0.658. The number of rotatable bonds is 2. The SMILES string of the molecule is CCOC(=O)c1noc2c1C(=O)c1ccccc1C2=O. The number of carbonyl (C=O) groups excluding carboxylic acids is 3. The van der Waals surface area contributed by atoms with Crippen LogP contribution < -0.4 is 0 Å². The first-order valence-corrected chi connectivity index (χ1v) is 6.00. The Kier molecular flexibility index (Phi) is 2.71. The molecule has 20 heavy (non-hydrogen) atoms. The molecule has 0 aliphatic heterocycles. The first-order chi connectivity index (χ1) is 9.65. The van der Waals surface area contributed by atoms with Crippen LogP contribution in [0.1, 0.15) is 49.5 Å². The van der Waals surface area contributed by atoms with Gasteiger partial charge in [-0.1, -0.05) is 29.4 Å². The van der Waals surface area contributed by atoms with Gasteiger partial charge in [0.25, 0.3) is 0 Å². The summed E-state index contributed by atoms with van der Waals surface area (Å²) in [6.07, 6.45) is 0. The van der Waals surface area contributed by atoms with Crippen LogP contribution in [0.4, 0.5) is 0 Å². The van der Waals surface area contributed by atoms with Gasteiger partial charge in [-0.05, 0) is 6.92 Å². The minimum Gasteiger partial charge on any atom is -0.461 e. The number of esters is 1. The van der Waals surface area contributed by atoms with Crippen molar-refractivity contribution in [3.05, 3.63) is 52.4 Å². The monoisotopic (exact) mass is 271 g/mol. The first kappa shape index (κ1) is 12.3. The second-order valence-electron chi connectivity index (χ2n) is 4.16. The van der Waals surface area contributed by atoms with Crippen LogP contribution in [-0.2, 0) is 4.74 Å². The molecule has 0 saturated heterocycles. The normalized spacial score (nSPS) is 12.8. The Bertz CT molecular complexity index is 744. The van der Waals surface area contributed by atoms with Crippen LogP contribution in [0.5, 0.6) is 0 Å². The molecule has 0 unspecified atom stereocenters. The summed E-state index contributed by atoms with van der Waals surface area (Å²) in [5.74, 6) is -1.91. The largest absolute Gasteiger partial charge is 0.461 e. The van der Waals surface area contributed by atoms with Gasteiger partial charge in [-0.2, -0.15) is 0 Å². The van der Waals surface area contributed by atoms with E-state index in [9.17, 15) is 14.4 Å². The van der Waals surface area contributed by atoms with E-state index < -0.39 is 17.5 Å². The summed E-state index contributed by atoms with van der Waals surface area (Å²) < 4.78 is 9.67. The maximum Gasteiger partial charge on any atom is 0.361 e. The summed E-state index contributed by atoms with van der Waals surface area (Å²) in [5, 5.41) is 3.51. The van der Waals surface area contributed by atoms with Crippen molar-refractivity contribution in [2.24, 2.45) is 0 Å². The third-order valence-electron chi connectivity index (χ3n) is 3.01. The van der Waals surface area contributed by atoms with Gasteiger partial charge in [-0.3, -0.25) is 9.59 Å². The van der Waals surface area contributed by atoms with E-state index in [-0.39, 0.29) is 34.8 Å². The molecule has 1 aliphatic carbocycles. The Balaban J connectivity index is 2.18. The minimum absolute atomic E-state index is 0.118. The van der Waals surface area contributed by atoms with E-state index in [1.807, 2.05) is 0 Å². The first-order valence-electron chi connectivity index (χ1n) is 6.00. The van der Waals surface area contributed by atoms with E-state index in [1.165, 1.54) is 12.1 Å². The highest BCUT2D eigenvalue weighted by atomic mass is 16.5. The van der Waals surface area contributed by atoms with E-state index in [2.05, 4.69) is 5.16 Å². The standard InChI is InChI=1S/C14H9NO5/c1-2-19-14(18)10-9-11(16)7-5-3-4-6-8(7)12(17)13(9)20-15-10/h3-6H,2H2,1H3. The maximum absolute atomic E-state index is 12.4. The molecule has 0 bridgehead atoms. The fourth-order valence-electron chi connectivity index (χ4n) is 2.13. The van der Waals surface area contributed by atoms with Gasteiger partial charge in [-0.25, -0.2) is 4.79 Å². The Morgan fingerprint density at radius 2 is 1.85 bits per heavy atom. The molecule has 0 spiro atoms. The summed E-state index contributed by atoms with van der Waals surface area (Å²) in [6, 6.07) is 6.36. The Hall–Kier alpha value is -2.76. The van der Waals surface area contributed by atoms with Crippen LogP contribution in [0.2, 0.25) is 0 Å². The van der Waals surface area contributed by atoms with Crippen molar-refractivity contribution < 1.29 is 23.6 Å². The highest BCUT2D eigenvalue weighted by Crippen LogP contribution is 2.29. The van der Waals surface area contributed by atoms with Crippen molar-refractivity contribution in [1.82, 2.24) is 5.16 Å². The smallest absolute Gasteiger partial charge is 0.361 e. The van der Waals surface area contributed by atoms with E-state index in [0.717, 1.165) is 0 Å². The summed E-state index contributed by atoms with van der Waals surface area (Å²) in [7, 11) is 0. The molecular formula is C14H9NO5. The third-order valence-corrected chi connectivity index (χ3v) is 3.01. The highest BCUT2D eigenvalue weighted by molar-refractivity contribution is 6.29. The van der Waals surface area contributed by atoms with Crippen LogP contribution in [0, 0.1) is 0 Å². The molecule has 3 rings (SSSR count). The van der Waals surface area contributed by atoms with Gasteiger partial charge in [0.05, 0.1) is 6.61 Å². The maximum atomic E-state index is 12.4. The van der Waals surface area contributed by atoms with E-state index in [0.29, 0.717) is 0 Å². The zero-order valence-electron chi connectivity index (χ0n) is 10.5. The van der Waals surface area contributed by atoms with Crippen molar-refractivity contribution in [2.45, 2.75) is 6.92 Å². The number of ketones is 2. The molecule has 0 amide bonds. The molecule has 0 atom stereocenters. The number of fused-ring (bicyclic) bond motifs is 2. The number of benzene rings is 1. The van der Waals surface area contributed by atoms with Crippen LogP contribution in [0.3, 0.4) is 0 Å². The van der Waals surface area contributed by atoms with Crippen LogP contribution >= 0.6 is 0 Å². The zero-order chi connectivity index (χ0) is 14.3. The summed E-state index contributed by atoms with van der Waals surface area (Å²) in [4.78, 5) is 36.3. The molecule has 1 aliphatic rings. The number of carbonyl (C=O) groups is 3. The molecule has 1 aromatic heterocycles. The van der Waals surface area contributed by atoms with Gasteiger partial charge in [0.1, 0.15) is 5.56 Å². The molecule has 0 fully saturated rings. The van der Waals surface area contributed by atoms with Crippen LogP contribution in [-0.4, -0.2) is 29.3 Å². The van der Waals surface area contributed by atoms with Crippen LogP contribution in [0.25, 0.3) is 0 Å². The predicted molar refractivity (Wildman–Crippen MR) is 65.8 cm³/mol. The van der Waals surface area contributed by atoms with Crippen molar-refractivity contribution in [1.29, 1.82) is 0 Å². The lowest BCUT2D eigenvalue weighted by Crippen LogP contribution is -2.21.